The molecule has 1 rings (SSSR count). The maximum atomic E-state index is 12.7. The van der Waals surface area contributed by atoms with Crippen molar-refractivity contribution < 1.29 is 26.7 Å². The molecule has 0 atom stereocenters. The van der Waals surface area contributed by atoms with Crippen molar-refractivity contribution in [3.8, 4) is 0 Å². The minimum atomic E-state index is -4.95. The third-order valence-corrected chi connectivity index (χ3v) is 1.52. The van der Waals surface area contributed by atoms with Gasteiger partial charge >= 0.3 is 6.18 Å². The van der Waals surface area contributed by atoms with Gasteiger partial charge in [0, 0.05) is 6.07 Å². The van der Waals surface area contributed by atoms with Crippen LogP contribution in [0, 0.1) is 11.6 Å². The molecule has 76 valence electrons. The first-order valence-corrected chi connectivity index (χ1v) is 3.37. The van der Waals surface area contributed by atoms with Crippen LogP contribution in [0.2, 0.25) is 0 Å². The zero-order valence-electron chi connectivity index (χ0n) is 6.53. The maximum absolute atomic E-state index is 12.7. The van der Waals surface area contributed by atoms with Crippen molar-refractivity contribution in [2.75, 3.05) is 0 Å². The average Bonchev–Trinajstić information content (AvgIpc) is 2.01. The largest absolute Gasteiger partial charge is 0.417 e. The van der Waals surface area contributed by atoms with Gasteiger partial charge in [-0.15, -0.1) is 0 Å². The zero-order chi connectivity index (χ0) is 10.9. The van der Waals surface area contributed by atoms with E-state index in [9.17, 15) is 26.7 Å². The van der Waals surface area contributed by atoms with E-state index >= 15 is 0 Å². The average molecular weight is 210 g/mol. The number of aldehydes is 1. The molecule has 0 aliphatic heterocycles. The van der Waals surface area contributed by atoms with Crippen molar-refractivity contribution in [2.45, 2.75) is 6.18 Å². The van der Waals surface area contributed by atoms with E-state index in [1.54, 1.807) is 0 Å². The molecule has 0 aliphatic carbocycles. The maximum Gasteiger partial charge on any atom is 0.417 e. The highest BCUT2D eigenvalue weighted by molar-refractivity contribution is 5.78. The van der Waals surface area contributed by atoms with Gasteiger partial charge in [0.15, 0.2) is 6.29 Å². The summed E-state index contributed by atoms with van der Waals surface area (Å²) in [5.74, 6) is -2.90. The minimum Gasteiger partial charge on any atom is -0.298 e. The summed E-state index contributed by atoms with van der Waals surface area (Å²) in [6.07, 6.45) is -5.24. The van der Waals surface area contributed by atoms with E-state index in [4.69, 9.17) is 0 Å². The Morgan fingerprint density at radius 3 is 2.14 bits per heavy atom. The highest BCUT2D eigenvalue weighted by Crippen LogP contribution is 2.32. The summed E-state index contributed by atoms with van der Waals surface area (Å²) in [4.78, 5) is 10.1. The fourth-order valence-electron chi connectivity index (χ4n) is 0.939. The van der Waals surface area contributed by atoms with Crippen LogP contribution in [0.25, 0.3) is 0 Å². The Bertz CT molecular complexity index is 369. The first-order chi connectivity index (χ1) is 6.36. The molecule has 0 saturated carbocycles. The van der Waals surface area contributed by atoms with Gasteiger partial charge in [-0.25, -0.2) is 8.78 Å². The first kappa shape index (κ1) is 10.6. The molecular formula is C8H3F5O. The summed E-state index contributed by atoms with van der Waals surface area (Å²) in [6, 6.07) is 0.297. The molecule has 1 aromatic carbocycles. The van der Waals surface area contributed by atoms with Crippen LogP contribution in [0.15, 0.2) is 12.1 Å². The standard InChI is InChI=1S/C8H3F5O/c9-4-1-6(8(11,12)13)5(3-14)7(10)2-4/h1-3H. The van der Waals surface area contributed by atoms with Crippen molar-refractivity contribution >= 4 is 6.29 Å². The van der Waals surface area contributed by atoms with Gasteiger partial charge in [-0.1, -0.05) is 0 Å². The number of alkyl halides is 3. The van der Waals surface area contributed by atoms with Crippen molar-refractivity contribution in [1.29, 1.82) is 0 Å². The summed E-state index contributed by atoms with van der Waals surface area (Å²) in [5.41, 5.74) is -2.79. The Balaban J connectivity index is 3.48. The van der Waals surface area contributed by atoms with Crippen LogP contribution in [0.4, 0.5) is 22.0 Å². The smallest absolute Gasteiger partial charge is 0.298 e. The Morgan fingerprint density at radius 2 is 1.71 bits per heavy atom. The van der Waals surface area contributed by atoms with E-state index in [0.29, 0.717) is 0 Å². The highest BCUT2D eigenvalue weighted by Gasteiger charge is 2.35. The summed E-state index contributed by atoms with van der Waals surface area (Å²) >= 11 is 0. The molecule has 0 amide bonds. The number of hydrogen-bond donors (Lipinski definition) is 0. The summed E-state index contributed by atoms with van der Waals surface area (Å²) in [6.45, 7) is 0. The third kappa shape index (κ3) is 1.89. The lowest BCUT2D eigenvalue weighted by Gasteiger charge is -2.09. The fourth-order valence-corrected chi connectivity index (χ4v) is 0.939. The number of hydrogen-bond acceptors (Lipinski definition) is 1. The second-order valence-corrected chi connectivity index (χ2v) is 2.46. The molecule has 0 unspecified atom stereocenters. The molecular weight excluding hydrogens is 207 g/mol. The fraction of sp³-hybridized carbons (Fsp3) is 0.125. The van der Waals surface area contributed by atoms with Gasteiger partial charge in [-0.3, -0.25) is 4.79 Å². The van der Waals surface area contributed by atoms with Crippen LogP contribution in [-0.4, -0.2) is 6.29 Å². The molecule has 14 heavy (non-hydrogen) atoms. The molecule has 0 radical (unpaired) electrons. The number of benzene rings is 1. The van der Waals surface area contributed by atoms with Crippen LogP contribution in [0.5, 0.6) is 0 Å². The van der Waals surface area contributed by atoms with Crippen LogP contribution in [0.3, 0.4) is 0 Å². The van der Waals surface area contributed by atoms with Gasteiger partial charge in [0.2, 0.25) is 0 Å². The molecule has 1 aromatic rings. The van der Waals surface area contributed by atoms with Gasteiger partial charge in [0.25, 0.3) is 0 Å². The van der Waals surface area contributed by atoms with Crippen molar-refractivity contribution in [3.63, 3.8) is 0 Å². The first-order valence-electron chi connectivity index (χ1n) is 3.37. The second kappa shape index (κ2) is 3.36. The Morgan fingerprint density at radius 1 is 1.14 bits per heavy atom. The lowest BCUT2D eigenvalue weighted by Crippen LogP contribution is -2.11. The van der Waals surface area contributed by atoms with Crippen molar-refractivity contribution in [2.24, 2.45) is 0 Å². The molecule has 1 nitrogen and oxygen atoms in total. The van der Waals surface area contributed by atoms with E-state index in [-0.39, 0.29) is 18.4 Å². The minimum absolute atomic E-state index is 0.0762. The van der Waals surface area contributed by atoms with Crippen LogP contribution in [0.1, 0.15) is 15.9 Å². The summed E-state index contributed by atoms with van der Waals surface area (Å²) in [7, 11) is 0. The lowest BCUT2D eigenvalue weighted by molar-refractivity contribution is -0.138. The molecule has 0 bridgehead atoms. The molecule has 0 fully saturated rings. The van der Waals surface area contributed by atoms with Gasteiger partial charge in [0.1, 0.15) is 11.6 Å². The topological polar surface area (TPSA) is 17.1 Å². The van der Waals surface area contributed by atoms with E-state index in [0.717, 1.165) is 0 Å². The van der Waals surface area contributed by atoms with Crippen LogP contribution < -0.4 is 0 Å². The van der Waals surface area contributed by atoms with Gasteiger partial charge in [0.05, 0.1) is 11.1 Å². The molecule has 0 saturated heterocycles. The van der Waals surface area contributed by atoms with Crippen LogP contribution in [-0.2, 0) is 6.18 Å². The normalized spacial score (nSPS) is 11.5. The summed E-state index contributed by atoms with van der Waals surface area (Å²) in [5, 5.41) is 0. The molecule has 0 aliphatic rings. The number of carbonyl (C=O) groups is 1. The van der Waals surface area contributed by atoms with Gasteiger partial charge < -0.3 is 0 Å². The molecule has 0 aromatic heterocycles. The van der Waals surface area contributed by atoms with E-state index in [2.05, 4.69) is 0 Å². The second-order valence-electron chi connectivity index (χ2n) is 2.46. The zero-order valence-corrected chi connectivity index (χ0v) is 6.53. The number of carbonyl (C=O) groups excluding carboxylic acids is 1. The number of halogens is 5. The SMILES string of the molecule is O=Cc1c(F)cc(F)cc1C(F)(F)F. The monoisotopic (exact) mass is 210 g/mol. The molecule has 0 N–H and O–H groups in total. The molecule has 0 heterocycles. The molecule has 0 spiro atoms. The summed E-state index contributed by atoms with van der Waals surface area (Å²) < 4.78 is 61.4. The number of rotatable bonds is 1. The predicted molar refractivity (Wildman–Crippen MR) is 36.7 cm³/mol. The lowest BCUT2D eigenvalue weighted by atomic mass is 10.1. The highest BCUT2D eigenvalue weighted by atomic mass is 19.4. The Labute approximate surface area is 75.2 Å². The van der Waals surface area contributed by atoms with E-state index < -0.39 is 28.9 Å². The quantitative estimate of drug-likeness (QED) is 0.514. The van der Waals surface area contributed by atoms with E-state index in [1.807, 2.05) is 0 Å². The third-order valence-electron chi connectivity index (χ3n) is 1.52. The Kier molecular flexibility index (Phi) is 2.55. The van der Waals surface area contributed by atoms with Gasteiger partial charge in [-0.2, -0.15) is 13.2 Å². The van der Waals surface area contributed by atoms with E-state index in [1.165, 1.54) is 0 Å². The van der Waals surface area contributed by atoms with Crippen molar-refractivity contribution in [3.05, 3.63) is 34.9 Å². The molecule has 6 heteroatoms. The predicted octanol–water partition coefficient (Wildman–Crippen LogP) is 2.80. The van der Waals surface area contributed by atoms with Gasteiger partial charge in [-0.05, 0) is 6.07 Å². The van der Waals surface area contributed by atoms with Crippen molar-refractivity contribution in [1.82, 2.24) is 0 Å². The Hall–Kier alpha value is -1.46. The van der Waals surface area contributed by atoms with Crippen LogP contribution >= 0.6 is 0 Å².